The van der Waals surface area contributed by atoms with Gasteiger partial charge in [0.1, 0.15) is 5.60 Å². The highest BCUT2D eigenvalue weighted by atomic mass is 16.6. The van der Waals surface area contributed by atoms with Gasteiger partial charge in [-0.05, 0) is 32.1 Å². The molecule has 1 aliphatic rings. The maximum atomic E-state index is 11.8. The van der Waals surface area contributed by atoms with E-state index in [-0.39, 0.29) is 11.6 Å². The third-order valence-electron chi connectivity index (χ3n) is 4.33. The summed E-state index contributed by atoms with van der Waals surface area (Å²) in [6.07, 6.45) is 9.47. The first-order valence-corrected chi connectivity index (χ1v) is 7.42. The van der Waals surface area contributed by atoms with Gasteiger partial charge in [0.05, 0.1) is 0 Å². The fraction of sp³-hybridized carbons (Fsp3) is 0.812. The van der Waals surface area contributed by atoms with E-state index in [9.17, 15) is 4.79 Å². The zero-order valence-corrected chi connectivity index (χ0v) is 12.3. The highest BCUT2D eigenvalue weighted by molar-refractivity contribution is 5.87. The van der Waals surface area contributed by atoms with Crippen molar-refractivity contribution in [2.45, 2.75) is 77.7 Å². The van der Waals surface area contributed by atoms with Crippen LogP contribution >= 0.6 is 0 Å². The van der Waals surface area contributed by atoms with Crippen LogP contribution in [0, 0.1) is 5.92 Å². The predicted molar refractivity (Wildman–Crippen MR) is 75.4 cm³/mol. The number of carbonyl (C=O) groups is 1. The summed E-state index contributed by atoms with van der Waals surface area (Å²) >= 11 is 0. The molecule has 0 saturated heterocycles. The number of ether oxygens (including phenoxy) is 1. The fourth-order valence-electron chi connectivity index (χ4n) is 2.93. The third kappa shape index (κ3) is 4.15. The molecule has 1 saturated carbocycles. The molecule has 0 aromatic rings. The van der Waals surface area contributed by atoms with Gasteiger partial charge < -0.3 is 4.74 Å². The summed E-state index contributed by atoms with van der Waals surface area (Å²) < 4.78 is 5.76. The SMILES string of the molecule is C=C(C)C(=O)OC(CC)(CC)CC1CCCCC1. The molecule has 104 valence electrons. The van der Waals surface area contributed by atoms with Crippen molar-refractivity contribution in [3.63, 3.8) is 0 Å². The van der Waals surface area contributed by atoms with Gasteiger partial charge in [-0.25, -0.2) is 4.79 Å². The van der Waals surface area contributed by atoms with Crippen LogP contribution in [0.5, 0.6) is 0 Å². The maximum absolute atomic E-state index is 11.8. The van der Waals surface area contributed by atoms with Crippen molar-refractivity contribution < 1.29 is 9.53 Å². The summed E-state index contributed by atoms with van der Waals surface area (Å²) in [6.45, 7) is 9.65. The maximum Gasteiger partial charge on any atom is 0.333 e. The highest BCUT2D eigenvalue weighted by Crippen LogP contribution is 2.36. The predicted octanol–water partition coefficient (Wildman–Crippen LogP) is 4.63. The summed E-state index contributed by atoms with van der Waals surface area (Å²) in [5.74, 6) is 0.506. The monoisotopic (exact) mass is 252 g/mol. The summed E-state index contributed by atoms with van der Waals surface area (Å²) in [6, 6.07) is 0. The van der Waals surface area contributed by atoms with Crippen LogP contribution in [0.2, 0.25) is 0 Å². The van der Waals surface area contributed by atoms with E-state index in [1.807, 2.05) is 0 Å². The first kappa shape index (κ1) is 15.3. The van der Waals surface area contributed by atoms with Gasteiger partial charge in [-0.1, -0.05) is 52.5 Å². The minimum atomic E-state index is -0.266. The Morgan fingerprint density at radius 3 is 2.22 bits per heavy atom. The molecule has 18 heavy (non-hydrogen) atoms. The zero-order valence-electron chi connectivity index (χ0n) is 12.3. The Morgan fingerprint density at radius 1 is 1.22 bits per heavy atom. The highest BCUT2D eigenvalue weighted by Gasteiger charge is 2.34. The zero-order chi connectivity index (χ0) is 13.6. The minimum Gasteiger partial charge on any atom is -0.456 e. The second-order valence-corrected chi connectivity index (χ2v) is 5.77. The van der Waals surface area contributed by atoms with Crippen LogP contribution in [0.4, 0.5) is 0 Å². The Bertz CT molecular complexity index is 283. The van der Waals surface area contributed by atoms with Crippen molar-refractivity contribution in [3.8, 4) is 0 Å². The molecule has 0 spiro atoms. The van der Waals surface area contributed by atoms with E-state index in [1.54, 1.807) is 6.92 Å². The summed E-state index contributed by atoms with van der Waals surface area (Å²) in [4.78, 5) is 11.8. The van der Waals surface area contributed by atoms with Crippen molar-refractivity contribution >= 4 is 5.97 Å². The Balaban J connectivity index is 2.65. The van der Waals surface area contributed by atoms with Crippen molar-refractivity contribution in [1.29, 1.82) is 0 Å². The van der Waals surface area contributed by atoms with E-state index < -0.39 is 0 Å². The molecule has 2 heteroatoms. The molecule has 0 aromatic heterocycles. The summed E-state index contributed by atoms with van der Waals surface area (Å²) in [7, 11) is 0. The van der Waals surface area contributed by atoms with E-state index in [0.29, 0.717) is 5.57 Å². The average molecular weight is 252 g/mol. The van der Waals surface area contributed by atoms with E-state index in [0.717, 1.165) is 25.2 Å². The van der Waals surface area contributed by atoms with Crippen molar-refractivity contribution in [2.24, 2.45) is 5.92 Å². The molecule has 1 rings (SSSR count). The van der Waals surface area contributed by atoms with Crippen LogP contribution < -0.4 is 0 Å². The van der Waals surface area contributed by atoms with Crippen molar-refractivity contribution in [1.82, 2.24) is 0 Å². The number of carbonyl (C=O) groups excluding carboxylic acids is 1. The molecule has 2 nitrogen and oxygen atoms in total. The normalized spacial score (nSPS) is 17.5. The second kappa shape index (κ2) is 6.96. The fourth-order valence-corrected chi connectivity index (χ4v) is 2.93. The van der Waals surface area contributed by atoms with E-state index in [2.05, 4.69) is 20.4 Å². The molecular weight excluding hydrogens is 224 g/mol. The van der Waals surface area contributed by atoms with Gasteiger partial charge in [0.25, 0.3) is 0 Å². The topological polar surface area (TPSA) is 26.3 Å². The first-order valence-electron chi connectivity index (χ1n) is 7.42. The molecule has 0 N–H and O–H groups in total. The minimum absolute atomic E-state index is 0.227. The number of esters is 1. The third-order valence-corrected chi connectivity index (χ3v) is 4.33. The van der Waals surface area contributed by atoms with Gasteiger partial charge >= 0.3 is 5.97 Å². The quantitative estimate of drug-likeness (QED) is 0.508. The molecule has 0 atom stereocenters. The molecule has 1 fully saturated rings. The standard InChI is InChI=1S/C16H28O2/c1-5-16(6-2,18-15(17)13(3)4)12-14-10-8-7-9-11-14/h14H,3,5-12H2,1-2,4H3. The van der Waals surface area contributed by atoms with Gasteiger partial charge in [-0.3, -0.25) is 0 Å². The van der Waals surface area contributed by atoms with Gasteiger partial charge in [0.15, 0.2) is 0 Å². The van der Waals surface area contributed by atoms with Crippen LogP contribution in [0.1, 0.15) is 72.1 Å². The van der Waals surface area contributed by atoms with E-state index >= 15 is 0 Å². The molecule has 0 unspecified atom stereocenters. The molecule has 0 radical (unpaired) electrons. The Hall–Kier alpha value is -0.790. The van der Waals surface area contributed by atoms with Crippen molar-refractivity contribution in [2.75, 3.05) is 0 Å². The Labute approximate surface area is 112 Å². The van der Waals surface area contributed by atoms with E-state index in [1.165, 1.54) is 32.1 Å². The van der Waals surface area contributed by atoms with Crippen LogP contribution in [0.3, 0.4) is 0 Å². The number of rotatable bonds is 6. The first-order chi connectivity index (χ1) is 8.53. The van der Waals surface area contributed by atoms with Gasteiger partial charge in [-0.15, -0.1) is 0 Å². The molecule has 0 aliphatic heterocycles. The molecule has 0 heterocycles. The summed E-state index contributed by atoms with van der Waals surface area (Å²) in [5.41, 5.74) is 0.239. The lowest BCUT2D eigenvalue weighted by atomic mass is 9.78. The molecule has 0 aromatic carbocycles. The smallest absolute Gasteiger partial charge is 0.333 e. The Kier molecular flexibility index (Phi) is 5.90. The molecule has 1 aliphatic carbocycles. The molecule has 0 bridgehead atoms. The summed E-state index contributed by atoms with van der Waals surface area (Å²) in [5, 5.41) is 0. The second-order valence-electron chi connectivity index (χ2n) is 5.77. The molecular formula is C16H28O2. The van der Waals surface area contributed by atoms with Crippen LogP contribution in [-0.2, 0) is 9.53 Å². The van der Waals surface area contributed by atoms with Gasteiger partial charge in [0.2, 0.25) is 0 Å². The number of hydrogen-bond donors (Lipinski definition) is 0. The van der Waals surface area contributed by atoms with E-state index in [4.69, 9.17) is 4.74 Å². The lowest BCUT2D eigenvalue weighted by Crippen LogP contribution is -2.36. The largest absolute Gasteiger partial charge is 0.456 e. The van der Waals surface area contributed by atoms with Gasteiger partial charge in [0, 0.05) is 5.57 Å². The Morgan fingerprint density at radius 2 is 1.78 bits per heavy atom. The van der Waals surface area contributed by atoms with Crippen LogP contribution in [0.25, 0.3) is 0 Å². The van der Waals surface area contributed by atoms with Gasteiger partial charge in [-0.2, -0.15) is 0 Å². The lowest BCUT2D eigenvalue weighted by molar-refractivity contribution is -0.158. The number of hydrogen-bond acceptors (Lipinski definition) is 2. The van der Waals surface area contributed by atoms with Crippen LogP contribution in [-0.4, -0.2) is 11.6 Å². The van der Waals surface area contributed by atoms with Crippen LogP contribution in [0.15, 0.2) is 12.2 Å². The molecule has 0 amide bonds. The lowest BCUT2D eigenvalue weighted by Gasteiger charge is -2.36. The van der Waals surface area contributed by atoms with Crippen molar-refractivity contribution in [3.05, 3.63) is 12.2 Å². The average Bonchev–Trinajstić information content (AvgIpc) is 2.38.